The lowest BCUT2D eigenvalue weighted by atomic mass is 9.91. The van der Waals surface area contributed by atoms with Gasteiger partial charge in [-0.05, 0) is 19.8 Å². The molecule has 1 saturated heterocycles. The third-order valence-corrected chi connectivity index (χ3v) is 3.73. The van der Waals surface area contributed by atoms with Gasteiger partial charge in [-0.3, -0.25) is 4.99 Å². The maximum atomic E-state index is 4.37. The van der Waals surface area contributed by atoms with Crippen LogP contribution in [0.5, 0.6) is 0 Å². The summed E-state index contributed by atoms with van der Waals surface area (Å²) in [5.41, 5.74) is 0.249. The molecular weight excluding hydrogens is 168 g/mol. The Morgan fingerprint density at radius 1 is 1.67 bits per heavy atom. The zero-order valence-electron chi connectivity index (χ0n) is 8.35. The highest BCUT2D eigenvalue weighted by Crippen LogP contribution is 2.28. The van der Waals surface area contributed by atoms with Crippen LogP contribution >= 0.6 is 11.8 Å². The minimum Gasteiger partial charge on any atom is -0.359 e. The number of amidine groups is 1. The molecule has 1 heterocycles. The lowest BCUT2D eigenvalue weighted by Crippen LogP contribution is -2.45. The van der Waals surface area contributed by atoms with Crippen molar-refractivity contribution in [2.75, 3.05) is 12.3 Å². The van der Waals surface area contributed by atoms with Crippen molar-refractivity contribution in [1.82, 2.24) is 5.32 Å². The topological polar surface area (TPSA) is 24.4 Å². The summed E-state index contributed by atoms with van der Waals surface area (Å²) in [5.74, 6) is 1.80. The van der Waals surface area contributed by atoms with Gasteiger partial charge in [0.25, 0.3) is 0 Å². The van der Waals surface area contributed by atoms with Gasteiger partial charge in [-0.15, -0.1) is 0 Å². The summed E-state index contributed by atoms with van der Waals surface area (Å²) in [6.45, 7) is 9.72. The van der Waals surface area contributed by atoms with Crippen LogP contribution in [0.25, 0.3) is 0 Å². The minimum atomic E-state index is 0.249. The van der Waals surface area contributed by atoms with Crippen LogP contribution in [0, 0.1) is 5.92 Å². The van der Waals surface area contributed by atoms with Crippen LogP contribution in [-0.4, -0.2) is 23.0 Å². The number of rotatable bonds is 2. The molecular formula is C9H18N2S. The quantitative estimate of drug-likeness (QED) is 0.714. The fraction of sp³-hybridized carbons (Fsp3) is 0.889. The number of nitrogens with zero attached hydrogens (tertiary/aromatic N) is 1. The van der Waals surface area contributed by atoms with Crippen molar-refractivity contribution in [2.24, 2.45) is 10.9 Å². The molecule has 0 bridgehead atoms. The van der Waals surface area contributed by atoms with Crippen molar-refractivity contribution >= 4 is 16.9 Å². The summed E-state index contributed by atoms with van der Waals surface area (Å²) in [5, 5.41) is 4.60. The molecule has 1 unspecified atom stereocenters. The molecule has 2 nitrogen and oxygen atoms in total. The van der Waals surface area contributed by atoms with E-state index in [0.717, 1.165) is 17.5 Å². The molecule has 1 fully saturated rings. The third-order valence-electron chi connectivity index (χ3n) is 2.48. The first-order valence-corrected chi connectivity index (χ1v) is 5.52. The van der Waals surface area contributed by atoms with Crippen LogP contribution in [0.15, 0.2) is 4.99 Å². The van der Waals surface area contributed by atoms with Gasteiger partial charge in [0.15, 0.2) is 5.17 Å². The second-order valence-electron chi connectivity index (χ2n) is 3.77. The molecule has 0 saturated carbocycles. The third kappa shape index (κ3) is 1.94. The number of hydrogen-bond donors (Lipinski definition) is 1. The lowest BCUT2D eigenvalue weighted by Gasteiger charge is -2.28. The molecule has 0 amide bonds. The summed E-state index contributed by atoms with van der Waals surface area (Å²) < 4.78 is 0. The Balaban J connectivity index is 2.60. The van der Waals surface area contributed by atoms with Gasteiger partial charge in [0.1, 0.15) is 0 Å². The zero-order valence-corrected chi connectivity index (χ0v) is 9.16. The molecule has 12 heavy (non-hydrogen) atoms. The largest absolute Gasteiger partial charge is 0.359 e. The van der Waals surface area contributed by atoms with Gasteiger partial charge < -0.3 is 5.32 Å². The Kier molecular flexibility index (Phi) is 3.04. The average Bonchev–Trinajstić information content (AvgIpc) is 2.34. The molecule has 0 spiro atoms. The van der Waals surface area contributed by atoms with Gasteiger partial charge in [-0.2, -0.15) is 0 Å². The van der Waals surface area contributed by atoms with E-state index in [2.05, 4.69) is 38.0 Å². The number of hydrogen-bond acceptors (Lipinski definition) is 2. The predicted octanol–water partition coefficient (Wildman–Crippen LogP) is 2.11. The molecule has 1 aliphatic rings. The maximum Gasteiger partial charge on any atom is 0.157 e. The number of nitrogens with one attached hydrogen (secondary N) is 1. The van der Waals surface area contributed by atoms with Crippen molar-refractivity contribution in [1.29, 1.82) is 0 Å². The predicted molar refractivity (Wildman–Crippen MR) is 56.8 cm³/mol. The fourth-order valence-corrected chi connectivity index (χ4v) is 2.44. The minimum absolute atomic E-state index is 0.249. The number of aliphatic imine (C=N–C) groups is 1. The highest BCUT2D eigenvalue weighted by atomic mass is 32.2. The summed E-state index contributed by atoms with van der Waals surface area (Å²) >= 11 is 1.84. The molecule has 0 aromatic heterocycles. The van der Waals surface area contributed by atoms with Gasteiger partial charge in [-0.25, -0.2) is 0 Å². The highest BCUT2D eigenvalue weighted by molar-refractivity contribution is 8.14. The van der Waals surface area contributed by atoms with Crippen molar-refractivity contribution in [3.8, 4) is 0 Å². The van der Waals surface area contributed by atoms with Crippen molar-refractivity contribution in [2.45, 2.75) is 33.2 Å². The molecule has 0 aromatic rings. The summed E-state index contributed by atoms with van der Waals surface area (Å²) in [4.78, 5) is 4.37. The van der Waals surface area contributed by atoms with E-state index >= 15 is 0 Å². The Labute approximate surface area is 79.2 Å². The summed E-state index contributed by atoms with van der Waals surface area (Å²) in [6.07, 6.45) is 0. The number of thioether (sulfide) groups is 1. The fourth-order valence-electron chi connectivity index (χ4n) is 1.07. The van der Waals surface area contributed by atoms with Gasteiger partial charge in [0, 0.05) is 17.8 Å². The van der Waals surface area contributed by atoms with Gasteiger partial charge >= 0.3 is 0 Å². The second-order valence-corrected chi connectivity index (χ2v) is 4.73. The maximum absolute atomic E-state index is 4.37. The molecule has 1 rings (SSSR count). The van der Waals surface area contributed by atoms with Gasteiger partial charge in [0.05, 0.1) is 0 Å². The van der Waals surface area contributed by atoms with E-state index in [1.54, 1.807) is 0 Å². The standard InChI is InChI=1S/C9H18N2S/c1-5-10-8-11-9(4,6-12-8)7(2)3/h7H,5-6H2,1-4H3,(H,10,11). The molecule has 1 atom stereocenters. The lowest BCUT2D eigenvalue weighted by molar-refractivity contribution is 0.349. The summed E-state index contributed by atoms with van der Waals surface area (Å²) in [7, 11) is 0. The van der Waals surface area contributed by atoms with Crippen LogP contribution in [-0.2, 0) is 0 Å². The van der Waals surface area contributed by atoms with E-state index < -0.39 is 0 Å². The van der Waals surface area contributed by atoms with Crippen molar-refractivity contribution < 1.29 is 0 Å². The first-order valence-electron chi connectivity index (χ1n) is 4.54. The van der Waals surface area contributed by atoms with Crippen molar-refractivity contribution in [3.05, 3.63) is 0 Å². The average molecular weight is 186 g/mol. The first-order chi connectivity index (χ1) is 5.58. The van der Waals surface area contributed by atoms with Crippen molar-refractivity contribution in [3.63, 3.8) is 0 Å². The van der Waals surface area contributed by atoms with E-state index in [0.29, 0.717) is 5.92 Å². The van der Waals surface area contributed by atoms with E-state index in [1.165, 1.54) is 0 Å². The summed E-state index contributed by atoms with van der Waals surface area (Å²) in [6, 6.07) is 0. The molecule has 3 heteroatoms. The molecule has 0 aromatic carbocycles. The smallest absolute Gasteiger partial charge is 0.157 e. The molecule has 0 aliphatic carbocycles. The zero-order chi connectivity index (χ0) is 9.19. The SMILES string of the molecule is CCN=C1NC(C)(C(C)C)CS1. The van der Waals surface area contributed by atoms with Gasteiger partial charge in [-0.1, -0.05) is 25.6 Å². The van der Waals surface area contributed by atoms with Crippen LogP contribution in [0.2, 0.25) is 0 Å². The molecule has 1 N–H and O–H groups in total. The highest BCUT2D eigenvalue weighted by Gasteiger charge is 2.35. The molecule has 0 radical (unpaired) electrons. The Morgan fingerprint density at radius 3 is 2.75 bits per heavy atom. The Hall–Kier alpha value is -0.180. The monoisotopic (exact) mass is 186 g/mol. The van der Waals surface area contributed by atoms with E-state index in [1.807, 2.05) is 11.8 Å². The van der Waals surface area contributed by atoms with Crippen LogP contribution in [0.4, 0.5) is 0 Å². The van der Waals surface area contributed by atoms with E-state index in [-0.39, 0.29) is 5.54 Å². The van der Waals surface area contributed by atoms with E-state index in [9.17, 15) is 0 Å². The van der Waals surface area contributed by atoms with Crippen LogP contribution < -0.4 is 5.32 Å². The first kappa shape index (κ1) is 9.90. The van der Waals surface area contributed by atoms with E-state index in [4.69, 9.17) is 0 Å². The van der Waals surface area contributed by atoms with Gasteiger partial charge in [0.2, 0.25) is 0 Å². The van der Waals surface area contributed by atoms with Crippen LogP contribution in [0.1, 0.15) is 27.7 Å². The van der Waals surface area contributed by atoms with Crippen LogP contribution in [0.3, 0.4) is 0 Å². The Bertz CT molecular complexity index is 189. The molecule has 1 aliphatic heterocycles. The normalized spacial score (nSPS) is 32.9. The Morgan fingerprint density at radius 2 is 2.33 bits per heavy atom. The second kappa shape index (κ2) is 3.69. The molecule has 70 valence electrons.